The maximum atomic E-state index is 13.0. The zero-order valence-corrected chi connectivity index (χ0v) is 27.7. The molecule has 2 aromatic heterocycles. The molecule has 0 radical (unpaired) electrons. The summed E-state index contributed by atoms with van der Waals surface area (Å²) < 4.78 is 70.1. The molecule has 2 heterocycles. The minimum Gasteiger partial charge on any atom is -0.396 e. The smallest absolute Gasteiger partial charge is 0.396 e. The number of halogens is 2. The van der Waals surface area contributed by atoms with Crippen LogP contribution in [0.1, 0.15) is 26.7 Å². The van der Waals surface area contributed by atoms with E-state index in [0.717, 1.165) is 12.1 Å². The van der Waals surface area contributed by atoms with Crippen LogP contribution in [0.4, 0.5) is 8.96 Å². The normalized spacial score (nSPS) is 17.3. The highest BCUT2D eigenvalue weighted by molar-refractivity contribution is 7.47. The first-order chi connectivity index (χ1) is 22.6. The van der Waals surface area contributed by atoms with Crippen LogP contribution in [0.25, 0.3) is 21.5 Å². The van der Waals surface area contributed by atoms with Crippen molar-refractivity contribution in [3.63, 3.8) is 0 Å². The van der Waals surface area contributed by atoms with Gasteiger partial charge in [0, 0.05) is 37.1 Å². The molecule has 22 heteroatoms. The number of fused-ring (bicyclic) bond motifs is 2. The molecule has 0 amide bonds. The van der Waals surface area contributed by atoms with Gasteiger partial charge in [-0.2, -0.15) is 11.1 Å². The molecule has 6 N–H and O–H groups in total. The molecule has 3 rings (SSSR count). The summed E-state index contributed by atoms with van der Waals surface area (Å²) in [6, 6.07) is 0.791. The second-order valence-electron chi connectivity index (χ2n) is 11.3. The van der Waals surface area contributed by atoms with Gasteiger partial charge in [0.05, 0.1) is 61.1 Å². The van der Waals surface area contributed by atoms with E-state index in [-0.39, 0.29) is 34.4 Å². The zero-order valence-electron chi connectivity index (χ0n) is 26.0. The summed E-state index contributed by atoms with van der Waals surface area (Å²) in [7, 11) is -9.40. The van der Waals surface area contributed by atoms with Crippen molar-refractivity contribution in [3.05, 3.63) is 53.5 Å². The predicted molar refractivity (Wildman–Crippen MR) is 166 cm³/mol. The maximum absolute atomic E-state index is 13.0. The van der Waals surface area contributed by atoms with Crippen molar-refractivity contribution in [1.82, 2.24) is 20.2 Å². The number of phosphoric acid groups is 2. The van der Waals surface area contributed by atoms with Gasteiger partial charge in [-0.3, -0.25) is 46.4 Å². The lowest BCUT2D eigenvalue weighted by atomic mass is 10.0. The quantitative estimate of drug-likeness (QED) is 0.0583. The van der Waals surface area contributed by atoms with Crippen LogP contribution in [-0.2, 0) is 40.3 Å². The van der Waals surface area contributed by atoms with Crippen molar-refractivity contribution in [3.8, 4) is 0 Å². The van der Waals surface area contributed by atoms with Gasteiger partial charge in [-0.15, -0.1) is 8.96 Å². The maximum Gasteiger partial charge on any atom is 0.472 e. The van der Waals surface area contributed by atoms with Crippen molar-refractivity contribution >= 4 is 37.2 Å². The molecule has 0 saturated carbocycles. The lowest BCUT2D eigenvalue weighted by Crippen LogP contribution is -2.28. The van der Waals surface area contributed by atoms with Crippen molar-refractivity contribution in [1.29, 1.82) is 0 Å². The lowest BCUT2D eigenvalue weighted by Gasteiger charge is -2.19. The highest BCUT2D eigenvalue weighted by Crippen LogP contribution is 2.44. The molecule has 6 atom stereocenters. The van der Waals surface area contributed by atoms with Gasteiger partial charge in [0.2, 0.25) is 0 Å². The van der Waals surface area contributed by atoms with Gasteiger partial charge in [-0.25, -0.2) is 9.13 Å². The van der Waals surface area contributed by atoms with Crippen LogP contribution in [0.15, 0.2) is 31.3 Å². The van der Waals surface area contributed by atoms with E-state index < -0.39 is 115 Å². The van der Waals surface area contributed by atoms with E-state index in [9.17, 15) is 57.3 Å². The molecule has 48 heavy (non-hydrogen) atoms. The van der Waals surface area contributed by atoms with Crippen LogP contribution in [0, 0.1) is 11.8 Å². The second kappa shape index (κ2) is 17.4. The fourth-order valence-corrected chi connectivity index (χ4v) is 6.50. The number of nitrogens with zero attached hydrogens (tertiary/aromatic N) is 2. The fraction of sp³-hybridized carbons (Fsp3) is 0.615. The standard InChI is InChI=1S/C26H38F2N4O14P2/c1-15(29-27)7-17(11-33)13-45-47(39,40)43-5-3-31-23(35)19-9-21-22(10-20(19)24(31)36)26(38)32(25(21)37)4-6-44-48(41,42)46-14-18(12-34)8-16(2)30-28/h9-10,15-18,29-30,33-34H,3-8,11-14H2,1-2H3,(H,39,40)(H,41,42). The van der Waals surface area contributed by atoms with E-state index in [4.69, 9.17) is 18.1 Å². The van der Waals surface area contributed by atoms with Crippen LogP contribution >= 0.6 is 15.6 Å². The molecule has 0 saturated heterocycles. The van der Waals surface area contributed by atoms with Gasteiger partial charge < -0.3 is 20.0 Å². The molecule has 0 aliphatic carbocycles. The Balaban J connectivity index is 1.68. The van der Waals surface area contributed by atoms with Crippen LogP contribution in [-0.4, -0.2) is 80.9 Å². The van der Waals surface area contributed by atoms with E-state index in [1.165, 1.54) is 24.9 Å². The highest BCUT2D eigenvalue weighted by Gasteiger charge is 2.27. The molecule has 6 unspecified atom stereocenters. The van der Waals surface area contributed by atoms with Crippen molar-refractivity contribution in [2.45, 2.75) is 51.9 Å². The summed E-state index contributed by atoms with van der Waals surface area (Å²) in [4.78, 5) is 71.8. The Morgan fingerprint density at radius 1 is 0.667 bits per heavy atom. The molecule has 270 valence electrons. The monoisotopic (exact) mass is 730 g/mol. The highest BCUT2D eigenvalue weighted by atomic mass is 31.2. The van der Waals surface area contributed by atoms with E-state index >= 15 is 0 Å². The third kappa shape index (κ3) is 10.2. The summed E-state index contributed by atoms with van der Waals surface area (Å²) in [5.74, 6) is -1.38. The Labute approximate surface area is 270 Å². The topological polar surface area (TPSA) is 254 Å². The summed E-state index contributed by atoms with van der Waals surface area (Å²) in [5.41, 5.74) is -0.544. The number of hydrogen-bond acceptors (Lipinski definition) is 14. The van der Waals surface area contributed by atoms with Gasteiger partial charge in [-0.05, 0) is 38.8 Å². The minimum absolute atomic E-state index is 0.0803. The van der Waals surface area contributed by atoms with Crippen molar-refractivity contribution in [2.75, 3.05) is 39.6 Å². The predicted octanol–water partition coefficient (Wildman–Crippen LogP) is -0.0980. The fourth-order valence-electron chi connectivity index (χ4n) is 4.93. The SMILES string of the molecule is CC(CC(CO)COP(=O)(O)OCCn1c(=O)c2cc3c(=O)n(CCOP(=O)(O)OCC(CO)CC(C)NF)c(=O)c3cc2c1=O)NF. The number of nitrogens with one attached hydrogen (secondary N) is 2. The van der Waals surface area contributed by atoms with Gasteiger partial charge in [0.1, 0.15) is 0 Å². The number of phosphoric ester groups is 2. The first-order valence-electron chi connectivity index (χ1n) is 14.7. The molecular weight excluding hydrogens is 692 g/mol. The van der Waals surface area contributed by atoms with Gasteiger partial charge in [-0.1, -0.05) is 0 Å². The number of aromatic nitrogens is 2. The Bertz CT molecular complexity index is 1640. The number of rotatable bonds is 22. The molecule has 1 aromatic carbocycles. The van der Waals surface area contributed by atoms with Gasteiger partial charge in [0.25, 0.3) is 22.2 Å². The van der Waals surface area contributed by atoms with E-state index in [1.807, 2.05) is 0 Å². The Hall–Kier alpha value is -2.58. The van der Waals surface area contributed by atoms with Gasteiger partial charge >= 0.3 is 15.6 Å². The first kappa shape index (κ1) is 39.9. The third-order valence-corrected chi connectivity index (χ3v) is 9.38. The van der Waals surface area contributed by atoms with E-state index in [0.29, 0.717) is 9.13 Å². The molecule has 0 aliphatic rings. The van der Waals surface area contributed by atoms with Gasteiger partial charge in [0.15, 0.2) is 0 Å². The molecule has 3 aromatic rings. The molecule has 0 bridgehead atoms. The first-order valence-corrected chi connectivity index (χ1v) is 17.6. The molecule has 0 spiro atoms. The molecule has 18 nitrogen and oxygen atoms in total. The largest absolute Gasteiger partial charge is 0.472 e. The zero-order chi connectivity index (χ0) is 35.8. The summed E-state index contributed by atoms with van der Waals surface area (Å²) in [5, 5.41) is 17.9. The number of hydrogen-bond donors (Lipinski definition) is 6. The Morgan fingerprint density at radius 2 is 0.979 bits per heavy atom. The average Bonchev–Trinajstić information content (AvgIpc) is 3.42. The lowest BCUT2D eigenvalue weighted by molar-refractivity contribution is 0.0936. The van der Waals surface area contributed by atoms with E-state index in [1.54, 1.807) is 0 Å². The Morgan fingerprint density at radius 3 is 1.25 bits per heavy atom. The van der Waals surface area contributed by atoms with Crippen LogP contribution in [0.2, 0.25) is 0 Å². The number of aliphatic hydroxyl groups is 2. The molecular formula is C26H38F2N4O14P2. The van der Waals surface area contributed by atoms with Crippen molar-refractivity contribution < 1.29 is 56.2 Å². The Kier molecular flexibility index (Phi) is 14.4. The van der Waals surface area contributed by atoms with Crippen LogP contribution in [0.5, 0.6) is 0 Å². The molecule has 0 fully saturated rings. The number of aliphatic hydroxyl groups excluding tert-OH is 2. The average molecular weight is 731 g/mol. The third-order valence-electron chi connectivity index (χ3n) is 7.41. The van der Waals surface area contributed by atoms with Crippen molar-refractivity contribution in [2.24, 2.45) is 11.8 Å². The summed E-state index contributed by atoms with van der Waals surface area (Å²) in [6.07, 6.45) is 0.161. The molecule has 0 aliphatic heterocycles. The minimum atomic E-state index is -4.70. The summed E-state index contributed by atoms with van der Waals surface area (Å²) in [6.45, 7) is -1.13. The summed E-state index contributed by atoms with van der Waals surface area (Å²) >= 11 is 0. The van der Waals surface area contributed by atoms with Crippen LogP contribution in [0.3, 0.4) is 0 Å². The van der Waals surface area contributed by atoms with Crippen LogP contribution < -0.4 is 33.3 Å². The second-order valence-corrected chi connectivity index (χ2v) is 14.2. The number of benzene rings is 1. The van der Waals surface area contributed by atoms with E-state index in [2.05, 4.69) is 0 Å².